The van der Waals surface area contributed by atoms with E-state index in [4.69, 9.17) is 11.6 Å². The fraction of sp³-hybridized carbons (Fsp3) is 0.182. The Morgan fingerprint density at radius 2 is 2.27 bits per heavy atom. The van der Waals surface area contributed by atoms with Crippen molar-refractivity contribution in [2.45, 2.75) is 12.8 Å². The smallest absolute Gasteiger partial charge is 0.123 e. The first kappa shape index (κ1) is 10.6. The van der Waals surface area contributed by atoms with Crippen LogP contribution in [0.2, 0.25) is 0 Å². The number of benzene rings is 1. The average molecular weight is 242 g/mol. The lowest BCUT2D eigenvalue weighted by atomic mass is 10.1. The van der Waals surface area contributed by atoms with E-state index in [0.717, 1.165) is 21.8 Å². The van der Waals surface area contributed by atoms with Crippen LogP contribution >= 0.6 is 22.9 Å². The summed E-state index contributed by atoms with van der Waals surface area (Å²) in [5.41, 5.74) is 2.73. The molecule has 78 valence electrons. The van der Waals surface area contributed by atoms with Crippen molar-refractivity contribution in [1.82, 2.24) is 4.98 Å². The van der Waals surface area contributed by atoms with Crippen molar-refractivity contribution in [3.63, 3.8) is 0 Å². The van der Waals surface area contributed by atoms with Crippen molar-refractivity contribution in [2.24, 2.45) is 0 Å². The highest BCUT2D eigenvalue weighted by Crippen LogP contribution is 2.27. The van der Waals surface area contributed by atoms with Crippen LogP contribution in [0, 0.1) is 12.7 Å². The first-order valence-electron chi connectivity index (χ1n) is 4.47. The van der Waals surface area contributed by atoms with E-state index in [1.54, 1.807) is 6.07 Å². The molecule has 0 amide bonds. The van der Waals surface area contributed by atoms with Crippen LogP contribution in [0.15, 0.2) is 23.6 Å². The maximum atomic E-state index is 12.9. The summed E-state index contributed by atoms with van der Waals surface area (Å²) < 4.78 is 12.9. The molecule has 0 saturated carbocycles. The third-order valence-electron chi connectivity index (χ3n) is 2.11. The van der Waals surface area contributed by atoms with Gasteiger partial charge in [0.05, 0.1) is 11.6 Å². The van der Waals surface area contributed by atoms with E-state index in [0.29, 0.717) is 5.88 Å². The molecule has 1 nitrogen and oxygen atoms in total. The van der Waals surface area contributed by atoms with Crippen molar-refractivity contribution >= 4 is 22.9 Å². The minimum absolute atomic E-state index is 0.217. The lowest BCUT2D eigenvalue weighted by Crippen LogP contribution is -1.85. The molecule has 1 aromatic heterocycles. The second-order valence-electron chi connectivity index (χ2n) is 3.24. The number of hydrogen-bond donors (Lipinski definition) is 0. The topological polar surface area (TPSA) is 12.9 Å². The molecular formula is C11H9ClFNS. The van der Waals surface area contributed by atoms with Crippen molar-refractivity contribution in [3.8, 4) is 10.6 Å². The summed E-state index contributed by atoms with van der Waals surface area (Å²) in [6, 6.07) is 4.71. The zero-order chi connectivity index (χ0) is 10.8. The first-order valence-corrected chi connectivity index (χ1v) is 5.89. The molecule has 0 N–H and O–H groups in total. The molecule has 0 aliphatic rings. The molecule has 15 heavy (non-hydrogen) atoms. The van der Waals surface area contributed by atoms with Gasteiger partial charge < -0.3 is 0 Å². The van der Waals surface area contributed by atoms with Crippen LogP contribution in [0.3, 0.4) is 0 Å². The van der Waals surface area contributed by atoms with Crippen LogP contribution < -0.4 is 0 Å². The third kappa shape index (κ3) is 2.19. The van der Waals surface area contributed by atoms with E-state index in [1.807, 2.05) is 12.3 Å². The monoisotopic (exact) mass is 241 g/mol. The molecular weight excluding hydrogens is 233 g/mol. The number of aromatic nitrogens is 1. The molecule has 2 aromatic rings. The molecule has 2 rings (SSSR count). The van der Waals surface area contributed by atoms with Gasteiger partial charge in [0.1, 0.15) is 10.8 Å². The van der Waals surface area contributed by atoms with Gasteiger partial charge >= 0.3 is 0 Å². The van der Waals surface area contributed by atoms with E-state index in [1.165, 1.54) is 23.5 Å². The molecule has 0 atom stereocenters. The zero-order valence-corrected chi connectivity index (χ0v) is 9.70. The van der Waals surface area contributed by atoms with E-state index in [-0.39, 0.29) is 5.82 Å². The van der Waals surface area contributed by atoms with Crippen LogP contribution in [0.4, 0.5) is 4.39 Å². The van der Waals surface area contributed by atoms with Crippen LogP contribution in [-0.4, -0.2) is 4.98 Å². The van der Waals surface area contributed by atoms with Crippen LogP contribution in [0.25, 0.3) is 10.6 Å². The minimum atomic E-state index is -0.217. The highest BCUT2D eigenvalue weighted by molar-refractivity contribution is 7.13. The Morgan fingerprint density at radius 3 is 2.87 bits per heavy atom. The predicted octanol–water partition coefficient (Wildman–Crippen LogP) is 4.00. The molecule has 4 heteroatoms. The van der Waals surface area contributed by atoms with Crippen LogP contribution in [0.5, 0.6) is 0 Å². The van der Waals surface area contributed by atoms with Crippen LogP contribution in [0.1, 0.15) is 11.3 Å². The maximum absolute atomic E-state index is 12.9. The quantitative estimate of drug-likeness (QED) is 0.725. The lowest BCUT2D eigenvalue weighted by molar-refractivity contribution is 0.627. The van der Waals surface area contributed by atoms with Gasteiger partial charge in [0.15, 0.2) is 0 Å². The molecule has 0 fully saturated rings. The number of hydrogen-bond acceptors (Lipinski definition) is 2. The molecule has 0 radical (unpaired) electrons. The first-order chi connectivity index (χ1) is 7.20. The molecule has 0 spiro atoms. The number of halogens is 2. The van der Waals surface area contributed by atoms with Gasteiger partial charge in [-0.3, -0.25) is 0 Å². The van der Waals surface area contributed by atoms with Gasteiger partial charge in [0, 0.05) is 10.9 Å². The summed E-state index contributed by atoms with van der Waals surface area (Å²) in [5, 5.41) is 2.81. The summed E-state index contributed by atoms with van der Waals surface area (Å²) in [6.07, 6.45) is 0. The second-order valence-corrected chi connectivity index (χ2v) is 4.36. The van der Waals surface area contributed by atoms with Gasteiger partial charge in [0.2, 0.25) is 0 Å². The zero-order valence-electron chi connectivity index (χ0n) is 8.13. The summed E-state index contributed by atoms with van der Waals surface area (Å²) in [4.78, 5) is 4.35. The van der Waals surface area contributed by atoms with E-state index in [2.05, 4.69) is 4.98 Å². The van der Waals surface area contributed by atoms with Gasteiger partial charge in [0.25, 0.3) is 0 Å². The Balaban J connectivity index is 2.44. The highest BCUT2D eigenvalue weighted by atomic mass is 35.5. The molecule has 0 unspecified atom stereocenters. The van der Waals surface area contributed by atoms with Crippen molar-refractivity contribution in [3.05, 3.63) is 40.7 Å². The van der Waals surface area contributed by atoms with Gasteiger partial charge in [-0.05, 0) is 30.7 Å². The predicted molar refractivity (Wildman–Crippen MR) is 61.8 cm³/mol. The van der Waals surface area contributed by atoms with Gasteiger partial charge in [-0.2, -0.15) is 0 Å². The maximum Gasteiger partial charge on any atom is 0.123 e. The van der Waals surface area contributed by atoms with Gasteiger partial charge in [-0.25, -0.2) is 9.37 Å². The summed E-state index contributed by atoms with van der Waals surface area (Å²) in [6.45, 7) is 1.88. The Bertz CT molecular complexity index is 481. The molecule has 1 aromatic carbocycles. The van der Waals surface area contributed by atoms with Crippen LogP contribution in [-0.2, 0) is 5.88 Å². The Morgan fingerprint density at radius 1 is 1.47 bits per heavy atom. The van der Waals surface area contributed by atoms with Gasteiger partial charge in [-0.15, -0.1) is 22.9 Å². The fourth-order valence-corrected chi connectivity index (χ4v) is 2.50. The minimum Gasteiger partial charge on any atom is -0.240 e. The second kappa shape index (κ2) is 4.29. The van der Waals surface area contributed by atoms with Crippen molar-refractivity contribution in [2.75, 3.05) is 0 Å². The standard InChI is InChI=1S/C11H9ClFNS/c1-7-4-8(13)2-3-10(7)11-14-9(5-12)6-15-11/h2-4,6H,5H2,1H3. The van der Waals surface area contributed by atoms with Crippen molar-refractivity contribution in [1.29, 1.82) is 0 Å². The Labute approximate surface area is 96.5 Å². The summed E-state index contributed by atoms with van der Waals surface area (Å²) >= 11 is 7.21. The number of thiazole rings is 1. The average Bonchev–Trinajstić information content (AvgIpc) is 2.66. The van der Waals surface area contributed by atoms with E-state index < -0.39 is 0 Å². The third-order valence-corrected chi connectivity index (χ3v) is 3.31. The number of rotatable bonds is 2. The lowest BCUT2D eigenvalue weighted by Gasteiger charge is -2.01. The van der Waals surface area contributed by atoms with Crippen molar-refractivity contribution < 1.29 is 4.39 Å². The van der Waals surface area contributed by atoms with E-state index in [9.17, 15) is 4.39 Å². The number of aryl methyl sites for hydroxylation is 1. The van der Waals surface area contributed by atoms with Gasteiger partial charge in [-0.1, -0.05) is 0 Å². The Hall–Kier alpha value is -0.930. The summed E-state index contributed by atoms with van der Waals surface area (Å²) in [5.74, 6) is 0.196. The molecule has 0 bridgehead atoms. The largest absolute Gasteiger partial charge is 0.240 e. The number of alkyl halides is 1. The Kier molecular flexibility index (Phi) is 3.03. The molecule has 0 aliphatic heterocycles. The summed E-state index contributed by atoms with van der Waals surface area (Å²) in [7, 11) is 0. The normalized spacial score (nSPS) is 10.6. The van der Waals surface area contributed by atoms with E-state index >= 15 is 0 Å². The number of nitrogens with zero attached hydrogens (tertiary/aromatic N) is 1. The highest BCUT2D eigenvalue weighted by Gasteiger charge is 2.07. The SMILES string of the molecule is Cc1cc(F)ccc1-c1nc(CCl)cs1. The fourth-order valence-electron chi connectivity index (χ4n) is 1.36. The molecule has 0 saturated heterocycles. The molecule has 0 aliphatic carbocycles. The molecule has 1 heterocycles.